The zero-order valence-electron chi connectivity index (χ0n) is 17.9. The number of carbonyl (C=O) groups is 1. The van der Waals surface area contributed by atoms with Gasteiger partial charge in [-0.25, -0.2) is 4.98 Å². The van der Waals surface area contributed by atoms with Crippen molar-refractivity contribution in [2.24, 2.45) is 0 Å². The first kappa shape index (κ1) is 22.3. The summed E-state index contributed by atoms with van der Waals surface area (Å²) in [6.07, 6.45) is -1.44. The highest BCUT2D eigenvalue weighted by Gasteiger charge is 2.58. The van der Waals surface area contributed by atoms with Gasteiger partial charge in [0.2, 0.25) is 0 Å². The Morgan fingerprint density at radius 2 is 1.91 bits per heavy atom. The minimum atomic E-state index is -4.49. The molecule has 1 aliphatic carbocycles. The summed E-state index contributed by atoms with van der Waals surface area (Å²) in [4.78, 5) is 23.6. The lowest BCUT2D eigenvalue weighted by molar-refractivity contribution is -0.142. The van der Waals surface area contributed by atoms with Crippen LogP contribution in [-0.2, 0) is 12.1 Å². The lowest BCUT2D eigenvalue weighted by Gasteiger charge is -2.34. The first-order valence-electron chi connectivity index (χ1n) is 10.4. The minimum Gasteiger partial charge on any atom is -0.495 e. The van der Waals surface area contributed by atoms with Crippen molar-refractivity contribution in [1.82, 2.24) is 19.7 Å². The Morgan fingerprint density at radius 1 is 1.18 bits per heavy atom. The molecule has 0 bridgehead atoms. The van der Waals surface area contributed by atoms with Crippen molar-refractivity contribution in [3.8, 4) is 17.0 Å². The van der Waals surface area contributed by atoms with E-state index >= 15 is 0 Å². The molecule has 0 aromatic carbocycles. The van der Waals surface area contributed by atoms with Crippen LogP contribution in [0.1, 0.15) is 28.9 Å². The molecule has 178 valence electrons. The molecule has 1 amide bonds. The zero-order valence-corrected chi connectivity index (χ0v) is 17.9. The minimum absolute atomic E-state index is 0.0375. The van der Waals surface area contributed by atoms with Gasteiger partial charge >= 0.3 is 6.18 Å². The van der Waals surface area contributed by atoms with Gasteiger partial charge in [0.15, 0.2) is 0 Å². The van der Waals surface area contributed by atoms with E-state index in [0.29, 0.717) is 27.4 Å². The molecule has 0 radical (unpaired) electrons. The number of pyridine rings is 2. The largest absolute Gasteiger partial charge is 0.495 e. The number of hydrogen-bond acceptors (Lipinski definition) is 7. The number of rotatable bonds is 4. The smallest absolute Gasteiger partial charge is 0.408 e. The number of ether oxygens (including phenoxy) is 1. The molecule has 9 nitrogen and oxygen atoms in total. The van der Waals surface area contributed by atoms with E-state index in [1.54, 1.807) is 24.4 Å². The SMILES string of the molecule is COc1cncc(-c2ccc3c(n2)C2(C[C@H](O)[C@@H](O)C2)N(c2cnn(CC(F)(F)F)c2)C3=O)c1. The maximum atomic E-state index is 13.4. The van der Waals surface area contributed by atoms with Crippen molar-refractivity contribution in [1.29, 1.82) is 0 Å². The monoisotopic (exact) mass is 475 g/mol. The van der Waals surface area contributed by atoms with Crippen LogP contribution in [0, 0.1) is 0 Å². The van der Waals surface area contributed by atoms with E-state index in [1.807, 2.05) is 0 Å². The van der Waals surface area contributed by atoms with Crippen LogP contribution in [0.2, 0.25) is 0 Å². The highest BCUT2D eigenvalue weighted by Crippen LogP contribution is 2.51. The Hall–Kier alpha value is -3.51. The number of halogens is 3. The second-order valence-corrected chi connectivity index (χ2v) is 8.43. The zero-order chi connectivity index (χ0) is 24.3. The molecule has 12 heteroatoms. The number of carbonyl (C=O) groups excluding carboxylic acids is 1. The molecule has 3 aromatic heterocycles. The third-order valence-electron chi connectivity index (χ3n) is 6.20. The molecule has 1 saturated carbocycles. The molecule has 2 aliphatic rings. The molecule has 4 heterocycles. The van der Waals surface area contributed by atoms with Gasteiger partial charge in [0, 0.05) is 30.8 Å². The second-order valence-electron chi connectivity index (χ2n) is 8.43. The van der Waals surface area contributed by atoms with Gasteiger partial charge in [-0.05, 0) is 18.2 Å². The van der Waals surface area contributed by atoms with Crippen LogP contribution in [0.25, 0.3) is 11.3 Å². The predicted molar refractivity (Wildman–Crippen MR) is 112 cm³/mol. The summed E-state index contributed by atoms with van der Waals surface area (Å²) >= 11 is 0. The van der Waals surface area contributed by atoms with Crippen LogP contribution in [-0.4, -0.2) is 61.4 Å². The van der Waals surface area contributed by atoms with Crippen LogP contribution < -0.4 is 9.64 Å². The van der Waals surface area contributed by atoms with E-state index in [-0.39, 0.29) is 24.1 Å². The number of hydrogen-bond donors (Lipinski definition) is 2. The molecule has 2 atom stereocenters. The lowest BCUT2D eigenvalue weighted by Crippen LogP contribution is -2.43. The molecule has 0 unspecified atom stereocenters. The fourth-order valence-electron chi connectivity index (χ4n) is 4.76. The summed E-state index contributed by atoms with van der Waals surface area (Å²) in [5.41, 5.74) is 0.558. The van der Waals surface area contributed by atoms with E-state index in [2.05, 4.69) is 10.1 Å². The van der Waals surface area contributed by atoms with Gasteiger partial charge in [-0.15, -0.1) is 0 Å². The van der Waals surface area contributed by atoms with Crippen LogP contribution in [0.3, 0.4) is 0 Å². The van der Waals surface area contributed by atoms with Gasteiger partial charge in [0.05, 0.1) is 59.9 Å². The van der Waals surface area contributed by atoms with Crippen LogP contribution >= 0.6 is 0 Å². The first-order chi connectivity index (χ1) is 16.1. The Bertz CT molecular complexity index is 1250. The molecule has 5 rings (SSSR count). The van der Waals surface area contributed by atoms with E-state index in [1.165, 1.54) is 24.4 Å². The molecule has 2 N–H and O–H groups in total. The van der Waals surface area contributed by atoms with Crippen LogP contribution in [0.5, 0.6) is 5.75 Å². The number of anilines is 1. The summed E-state index contributed by atoms with van der Waals surface area (Å²) < 4.78 is 44.4. The summed E-state index contributed by atoms with van der Waals surface area (Å²) in [7, 11) is 1.50. The summed E-state index contributed by atoms with van der Waals surface area (Å²) in [5, 5.41) is 24.6. The molecule has 1 aliphatic heterocycles. The number of amides is 1. The molecule has 34 heavy (non-hydrogen) atoms. The van der Waals surface area contributed by atoms with Gasteiger partial charge in [-0.3, -0.25) is 19.4 Å². The van der Waals surface area contributed by atoms with Crippen molar-refractivity contribution in [2.45, 2.75) is 43.3 Å². The molecular formula is C22H20F3N5O4. The van der Waals surface area contributed by atoms with Crippen molar-refractivity contribution in [2.75, 3.05) is 12.0 Å². The highest BCUT2D eigenvalue weighted by molar-refractivity contribution is 6.11. The van der Waals surface area contributed by atoms with Crippen molar-refractivity contribution >= 4 is 11.6 Å². The average molecular weight is 475 g/mol. The van der Waals surface area contributed by atoms with Gasteiger partial charge in [-0.1, -0.05) is 0 Å². The first-order valence-corrected chi connectivity index (χ1v) is 10.4. The topological polar surface area (TPSA) is 114 Å². The number of aromatic nitrogens is 4. The van der Waals surface area contributed by atoms with Crippen molar-refractivity contribution in [3.05, 3.63) is 54.2 Å². The molecule has 1 fully saturated rings. The molecule has 0 saturated heterocycles. The van der Waals surface area contributed by atoms with E-state index in [4.69, 9.17) is 9.72 Å². The number of methoxy groups -OCH3 is 1. The maximum Gasteiger partial charge on any atom is 0.408 e. The van der Waals surface area contributed by atoms with Gasteiger partial charge < -0.3 is 14.9 Å². The molecule has 1 spiro atoms. The Morgan fingerprint density at radius 3 is 2.59 bits per heavy atom. The normalized spacial score (nSPS) is 21.4. The number of nitrogens with zero attached hydrogens (tertiary/aromatic N) is 5. The average Bonchev–Trinajstić information content (AvgIpc) is 3.42. The number of aliphatic hydroxyl groups excluding tert-OH is 2. The maximum absolute atomic E-state index is 13.4. The van der Waals surface area contributed by atoms with Gasteiger partial charge in [-0.2, -0.15) is 18.3 Å². The van der Waals surface area contributed by atoms with Crippen LogP contribution in [0.4, 0.5) is 18.9 Å². The van der Waals surface area contributed by atoms with Gasteiger partial charge in [0.25, 0.3) is 5.91 Å². The van der Waals surface area contributed by atoms with E-state index in [9.17, 15) is 28.2 Å². The number of fused-ring (bicyclic) bond motifs is 2. The van der Waals surface area contributed by atoms with Crippen molar-refractivity contribution < 1.29 is 32.9 Å². The van der Waals surface area contributed by atoms with E-state index in [0.717, 1.165) is 6.20 Å². The predicted octanol–water partition coefficient (Wildman–Crippen LogP) is 2.28. The standard InChI is InChI=1S/C22H20F3N5O4/c1-34-14-4-12(7-26-9-14)16-3-2-15-19(28-16)21(5-17(31)18(32)6-21)30(20(15)33)13-8-27-29(10-13)11-22(23,24)25/h2-4,7-10,17-18,31-32H,5-6,11H2,1H3/t17-,18-/m0/s1. The fraction of sp³-hybridized carbons (Fsp3) is 0.364. The Balaban J connectivity index is 1.62. The quantitative estimate of drug-likeness (QED) is 0.595. The summed E-state index contributed by atoms with van der Waals surface area (Å²) in [6.45, 7) is -1.31. The molecular weight excluding hydrogens is 455 g/mol. The van der Waals surface area contributed by atoms with Gasteiger partial charge in [0.1, 0.15) is 12.3 Å². The summed E-state index contributed by atoms with van der Waals surface area (Å²) in [6, 6.07) is 4.94. The number of aliphatic hydroxyl groups is 2. The fourth-order valence-corrected chi connectivity index (χ4v) is 4.76. The second kappa shape index (κ2) is 7.77. The van der Waals surface area contributed by atoms with E-state index < -0.39 is 36.4 Å². The number of alkyl halides is 3. The highest BCUT2D eigenvalue weighted by atomic mass is 19.4. The Labute approximate surface area is 191 Å². The summed E-state index contributed by atoms with van der Waals surface area (Å²) in [5.74, 6) is 0.0154. The third-order valence-corrected chi connectivity index (χ3v) is 6.20. The molecule has 3 aromatic rings. The van der Waals surface area contributed by atoms with Crippen molar-refractivity contribution in [3.63, 3.8) is 0 Å². The Kier molecular flexibility index (Phi) is 5.10. The third kappa shape index (κ3) is 3.59. The lowest BCUT2D eigenvalue weighted by atomic mass is 9.91. The van der Waals surface area contributed by atoms with Crippen LogP contribution in [0.15, 0.2) is 43.0 Å².